The molecule has 0 amide bonds. The Morgan fingerprint density at radius 2 is 1.83 bits per heavy atom. The second-order valence-electron chi connectivity index (χ2n) is 7.42. The van der Waals surface area contributed by atoms with E-state index in [-0.39, 0.29) is 16.6 Å². The lowest BCUT2D eigenvalue weighted by molar-refractivity contribution is 0.691. The number of nitrogens with one attached hydrogen (secondary N) is 2. The van der Waals surface area contributed by atoms with E-state index in [1.807, 2.05) is 12.1 Å². The minimum atomic E-state index is -0.419. The third-order valence-corrected chi connectivity index (χ3v) is 4.93. The van der Waals surface area contributed by atoms with Crippen LogP contribution in [0.4, 0.5) is 0 Å². The molecule has 0 bridgehead atoms. The van der Waals surface area contributed by atoms with Crippen molar-refractivity contribution in [2.75, 3.05) is 0 Å². The van der Waals surface area contributed by atoms with Gasteiger partial charge in [0.15, 0.2) is 0 Å². The average molecular weight is 386 g/mol. The topological polar surface area (TPSA) is 83.5 Å². The molecule has 0 radical (unpaired) electrons. The second-order valence-corrected chi connectivity index (χ2v) is 7.42. The van der Waals surface area contributed by atoms with Crippen LogP contribution in [0.1, 0.15) is 36.7 Å². The van der Waals surface area contributed by atoms with Crippen LogP contribution >= 0.6 is 0 Å². The number of hydrogen-bond acceptors (Lipinski definition) is 3. The van der Waals surface area contributed by atoms with Gasteiger partial charge in [0.05, 0.1) is 17.4 Å². The highest BCUT2D eigenvalue weighted by Gasteiger charge is 2.14. The van der Waals surface area contributed by atoms with Crippen molar-refractivity contribution < 1.29 is 0 Å². The molecule has 2 aromatic heterocycles. The minimum absolute atomic E-state index is 0.0399. The first-order valence-electron chi connectivity index (χ1n) is 9.48. The number of imidazole rings is 1. The van der Waals surface area contributed by atoms with Gasteiger partial charge in [-0.25, -0.2) is 4.98 Å². The highest BCUT2D eigenvalue weighted by molar-refractivity contribution is 5.83. The Balaban J connectivity index is 1.78. The Morgan fingerprint density at radius 3 is 2.59 bits per heavy atom. The monoisotopic (exact) mass is 386 g/mol. The third kappa shape index (κ3) is 3.69. The standard InChI is InChI=1S/C23H22N4O2/c1-14(2)21-19(11-20-23(29)25-15(3)22(28)26-20)24-13-27(21)12-16-8-9-17-6-4-5-7-18(17)10-16/h4-11,13-14H,3,12H2,1-2H3,(H,25,29)(H,26,28). The van der Waals surface area contributed by atoms with Gasteiger partial charge in [0.1, 0.15) is 5.35 Å². The van der Waals surface area contributed by atoms with Crippen LogP contribution in [0, 0.1) is 0 Å². The zero-order chi connectivity index (χ0) is 20.5. The van der Waals surface area contributed by atoms with Crippen molar-refractivity contribution in [2.45, 2.75) is 26.3 Å². The van der Waals surface area contributed by atoms with Gasteiger partial charge in [-0.05, 0) is 34.4 Å². The molecule has 0 unspecified atom stereocenters. The molecule has 2 N–H and O–H groups in total. The Bertz CT molecular complexity index is 1420. The molecule has 0 aliphatic heterocycles. The summed E-state index contributed by atoms with van der Waals surface area (Å²) in [6.45, 7) is 8.35. The first kappa shape index (κ1) is 18.7. The van der Waals surface area contributed by atoms with Gasteiger partial charge in [0.2, 0.25) is 0 Å². The number of fused-ring (bicyclic) bond motifs is 1. The maximum absolute atomic E-state index is 12.2. The fraction of sp³-hybridized carbons (Fsp3) is 0.174. The average Bonchev–Trinajstić information content (AvgIpc) is 3.08. The van der Waals surface area contributed by atoms with E-state index in [9.17, 15) is 9.59 Å². The molecule has 2 heterocycles. The second kappa shape index (κ2) is 7.39. The van der Waals surface area contributed by atoms with Crippen molar-refractivity contribution in [1.82, 2.24) is 19.5 Å². The maximum atomic E-state index is 12.2. The zero-order valence-corrected chi connectivity index (χ0v) is 16.4. The number of aromatic nitrogens is 4. The molecule has 146 valence electrons. The summed E-state index contributed by atoms with van der Waals surface area (Å²) in [5, 5.41) is 2.61. The number of aromatic amines is 2. The molecule has 6 heteroatoms. The maximum Gasteiger partial charge on any atom is 0.272 e. The molecule has 29 heavy (non-hydrogen) atoms. The predicted octanol–water partition coefficient (Wildman–Crippen LogP) is 1.82. The zero-order valence-electron chi connectivity index (χ0n) is 16.4. The molecule has 0 fully saturated rings. The third-order valence-electron chi connectivity index (χ3n) is 4.93. The van der Waals surface area contributed by atoms with Crippen LogP contribution in [0.25, 0.3) is 23.4 Å². The lowest BCUT2D eigenvalue weighted by Crippen LogP contribution is -2.46. The van der Waals surface area contributed by atoms with Crippen LogP contribution in [0.3, 0.4) is 0 Å². The fourth-order valence-corrected chi connectivity index (χ4v) is 3.56. The Morgan fingerprint density at radius 1 is 1.07 bits per heavy atom. The van der Waals surface area contributed by atoms with E-state index in [1.54, 1.807) is 12.4 Å². The molecule has 0 saturated heterocycles. The highest BCUT2D eigenvalue weighted by atomic mass is 16.1. The van der Waals surface area contributed by atoms with Gasteiger partial charge in [-0.1, -0.05) is 56.8 Å². The number of nitrogens with zero attached hydrogens (tertiary/aromatic N) is 2. The van der Waals surface area contributed by atoms with E-state index in [1.165, 1.54) is 16.3 Å². The van der Waals surface area contributed by atoms with E-state index in [0.717, 1.165) is 5.69 Å². The molecule has 4 aromatic rings. The van der Waals surface area contributed by atoms with Crippen molar-refractivity contribution in [2.24, 2.45) is 0 Å². The van der Waals surface area contributed by atoms with E-state index >= 15 is 0 Å². The first-order valence-corrected chi connectivity index (χ1v) is 9.48. The minimum Gasteiger partial charge on any atom is -0.329 e. The van der Waals surface area contributed by atoms with Gasteiger partial charge in [-0.15, -0.1) is 0 Å². The van der Waals surface area contributed by atoms with Crippen molar-refractivity contribution in [3.63, 3.8) is 0 Å². The smallest absolute Gasteiger partial charge is 0.272 e. The lowest BCUT2D eigenvalue weighted by Gasteiger charge is -2.13. The van der Waals surface area contributed by atoms with Crippen LogP contribution in [0.2, 0.25) is 0 Å². The van der Waals surface area contributed by atoms with Crippen LogP contribution in [-0.4, -0.2) is 19.5 Å². The molecule has 0 saturated carbocycles. The van der Waals surface area contributed by atoms with Gasteiger partial charge in [0, 0.05) is 12.2 Å². The van der Waals surface area contributed by atoms with Gasteiger partial charge >= 0.3 is 0 Å². The predicted molar refractivity (Wildman–Crippen MR) is 115 cm³/mol. The van der Waals surface area contributed by atoms with Gasteiger partial charge in [-0.3, -0.25) is 9.59 Å². The summed E-state index contributed by atoms with van der Waals surface area (Å²) in [6, 6.07) is 14.7. The number of hydrogen-bond donors (Lipinski definition) is 2. The largest absolute Gasteiger partial charge is 0.329 e. The molecule has 0 atom stereocenters. The molecule has 2 aromatic carbocycles. The normalized spacial score (nSPS) is 12.2. The van der Waals surface area contributed by atoms with Crippen LogP contribution < -0.4 is 21.8 Å². The number of benzene rings is 2. The molecule has 4 rings (SSSR count). The first-order chi connectivity index (χ1) is 13.9. The van der Waals surface area contributed by atoms with Crippen LogP contribution in [-0.2, 0) is 6.54 Å². The summed E-state index contributed by atoms with van der Waals surface area (Å²) in [5.74, 6) is 0.183. The van der Waals surface area contributed by atoms with Gasteiger partial charge in [-0.2, -0.15) is 0 Å². The summed E-state index contributed by atoms with van der Waals surface area (Å²) in [5.41, 5.74) is 2.02. The van der Waals surface area contributed by atoms with Crippen molar-refractivity contribution in [3.05, 3.63) is 97.1 Å². The molecule has 0 aliphatic carbocycles. The highest BCUT2D eigenvalue weighted by Crippen LogP contribution is 2.22. The summed E-state index contributed by atoms with van der Waals surface area (Å²) in [4.78, 5) is 33.5. The lowest BCUT2D eigenvalue weighted by atomic mass is 10.1. The van der Waals surface area contributed by atoms with E-state index < -0.39 is 11.1 Å². The molecule has 6 nitrogen and oxygen atoms in total. The van der Waals surface area contributed by atoms with Crippen molar-refractivity contribution >= 4 is 23.4 Å². The summed E-state index contributed by atoms with van der Waals surface area (Å²) in [6.07, 6.45) is 3.39. The quantitative estimate of drug-likeness (QED) is 0.561. The molecular weight excluding hydrogens is 364 g/mol. The molecular formula is C23H22N4O2. The van der Waals surface area contributed by atoms with Crippen LogP contribution in [0.15, 0.2) is 58.4 Å². The number of H-pyrrole nitrogens is 2. The van der Waals surface area contributed by atoms with Crippen LogP contribution in [0.5, 0.6) is 0 Å². The van der Waals surface area contributed by atoms with E-state index in [2.05, 4.69) is 70.3 Å². The van der Waals surface area contributed by atoms with Crippen molar-refractivity contribution in [1.29, 1.82) is 0 Å². The van der Waals surface area contributed by atoms with E-state index in [0.29, 0.717) is 12.2 Å². The van der Waals surface area contributed by atoms with E-state index in [4.69, 9.17) is 0 Å². The Kier molecular flexibility index (Phi) is 4.76. The van der Waals surface area contributed by atoms with Gasteiger partial charge in [0.25, 0.3) is 11.1 Å². The number of rotatable bonds is 4. The molecule has 0 spiro atoms. The summed E-state index contributed by atoms with van der Waals surface area (Å²) in [7, 11) is 0. The fourth-order valence-electron chi connectivity index (χ4n) is 3.56. The summed E-state index contributed by atoms with van der Waals surface area (Å²) < 4.78 is 2.09. The van der Waals surface area contributed by atoms with Crippen molar-refractivity contribution in [3.8, 4) is 0 Å². The SMILES string of the molecule is C=c1[nH]c(=O)c(=Cc2ncn(Cc3ccc4ccccc4c3)c2C(C)C)[nH]c1=O. The summed E-state index contributed by atoms with van der Waals surface area (Å²) >= 11 is 0. The Hall–Kier alpha value is -3.67. The Labute approximate surface area is 166 Å². The molecule has 0 aliphatic rings. The van der Waals surface area contributed by atoms with Gasteiger partial charge < -0.3 is 14.5 Å².